The summed E-state index contributed by atoms with van der Waals surface area (Å²) in [6.07, 6.45) is 1.53. The average Bonchev–Trinajstić information content (AvgIpc) is 3.25. The number of furan rings is 1. The summed E-state index contributed by atoms with van der Waals surface area (Å²) in [5.41, 5.74) is 1.89. The number of rotatable bonds is 5. The summed E-state index contributed by atoms with van der Waals surface area (Å²) in [7, 11) is 0. The van der Waals surface area contributed by atoms with Gasteiger partial charge in [0.15, 0.2) is 23.1 Å². The Morgan fingerprint density at radius 2 is 2.04 bits per heavy atom. The zero-order valence-corrected chi connectivity index (χ0v) is 13.6. The lowest BCUT2D eigenvalue weighted by Crippen LogP contribution is -2.21. The van der Waals surface area contributed by atoms with Gasteiger partial charge in [-0.15, -0.1) is 11.3 Å². The van der Waals surface area contributed by atoms with Crippen LogP contribution in [0.3, 0.4) is 0 Å². The van der Waals surface area contributed by atoms with E-state index >= 15 is 0 Å². The highest BCUT2D eigenvalue weighted by molar-refractivity contribution is 7.13. The maximum Gasteiger partial charge on any atom is 0.358 e. The fourth-order valence-electron chi connectivity index (χ4n) is 1.92. The van der Waals surface area contributed by atoms with Crippen LogP contribution in [-0.2, 0) is 9.53 Å². The molecule has 0 radical (unpaired) electrons. The van der Waals surface area contributed by atoms with Crippen LogP contribution in [0.25, 0.3) is 10.8 Å². The number of benzene rings is 1. The lowest BCUT2D eigenvalue weighted by molar-refractivity contribution is -0.119. The molecular weight excluding hydrogens is 328 g/mol. The molecule has 2 aromatic heterocycles. The van der Waals surface area contributed by atoms with Crippen LogP contribution >= 0.6 is 11.3 Å². The summed E-state index contributed by atoms with van der Waals surface area (Å²) >= 11 is 1.27. The highest BCUT2D eigenvalue weighted by Crippen LogP contribution is 2.24. The minimum absolute atomic E-state index is 0.148. The van der Waals surface area contributed by atoms with Gasteiger partial charge < -0.3 is 14.5 Å². The van der Waals surface area contributed by atoms with Gasteiger partial charge >= 0.3 is 5.97 Å². The van der Waals surface area contributed by atoms with Gasteiger partial charge in [0, 0.05) is 11.1 Å². The predicted molar refractivity (Wildman–Crippen MR) is 89.9 cm³/mol. The third kappa shape index (κ3) is 3.88. The molecule has 1 amide bonds. The Morgan fingerprint density at radius 1 is 1.25 bits per heavy atom. The SMILES string of the molecule is Cc1ccc(NC(=O)COC(=O)c2csc(-c3ccco3)n2)cc1. The van der Waals surface area contributed by atoms with Gasteiger partial charge in [-0.05, 0) is 31.2 Å². The van der Waals surface area contributed by atoms with E-state index in [1.807, 2.05) is 19.1 Å². The number of aromatic nitrogens is 1. The van der Waals surface area contributed by atoms with Gasteiger partial charge in [0.1, 0.15) is 0 Å². The number of hydrogen-bond donors (Lipinski definition) is 1. The fourth-order valence-corrected chi connectivity index (χ4v) is 2.68. The minimum atomic E-state index is -0.650. The molecule has 3 rings (SSSR count). The topological polar surface area (TPSA) is 81.4 Å². The molecule has 24 heavy (non-hydrogen) atoms. The molecule has 6 nitrogen and oxygen atoms in total. The van der Waals surface area contributed by atoms with E-state index in [1.54, 1.807) is 29.6 Å². The summed E-state index contributed by atoms with van der Waals surface area (Å²) in [4.78, 5) is 27.9. The number of aryl methyl sites for hydroxylation is 1. The Balaban J connectivity index is 1.53. The van der Waals surface area contributed by atoms with Crippen molar-refractivity contribution >= 4 is 28.9 Å². The van der Waals surface area contributed by atoms with E-state index in [-0.39, 0.29) is 12.3 Å². The Bertz CT molecular complexity index is 838. The number of anilines is 1. The van der Waals surface area contributed by atoms with Crippen molar-refractivity contribution in [1.29, 1.82) is 0 Å². The smallest absolute Gasteiger partial charge is 0.358 e. The summed E-state index contributed by atoms with van der Waals surface area (Å²) in [6.45, 7) is 1.58. The lowest BCUT2D eigenvalue weighted by Gasteiger charge is -2.06. The van der Waals surface area contributed by atoms with Crippen molar-refractivity contribution in [2.45, 2.75) is 6.92 Å². The van der Waals surface area contributed by atoms with E-state index in [9.17, 15) is 9.59 Å². The maximum absolute atomic E-state index is 11.9. The van der Waals surface area contributed by atoms with Crippen LogP contribution in [0.5, 0.6) is 0 Å². The number of thiazole rings is 1. The number of ether oxygens (including phenoxy) is 1. The first-order valence-corrected chi connectivity index (χ1v) is 8.03. The van der Waals surface area contributed by atoms with Crippen molar-refractivity contribution in [1.82, 2.24) is 4.98 Å². The minimum Gasteiger partial charge on any atom is -0.462 e. The number of carbonyl (C=O) groups is 2. The number of esters is 1. The largest absolute Gasteiger partial charge is 0.462 e. The molecule has 1 aromatic carbocycles. The second-order valence-electron chi connectivity index (χ2n) is 5.01. The van der Waals surface area contributed by atoms with Gasteiger partial charge in [0.05, 0.1) is 6.26 Å². The molecule has 7 heteroatoms. The van der Waals surface area contributed by atoms with Gasteiger partial charge in [-0.3, -0.25) is 4.79 Å². The van der Waals surface area contributed by atoms with Crippen LogP contribution in [0.1, 0.15) is 16.1 Å². The number of nitrogens with one attached hydrogen (secondary N) is 1. The molecule has 0 fully saturated rings. The van der Waals surface area contributed by atoms with E-state index in [0.29, 0.717) is 16.5 Å². The fraction of sp³-hybridized carbons (Fsp3) is 0.118. The second-order valence-corrected chi connectivity index (χ2v) is 5.86. The Hall–Kier alpha value is -2.93. The normalized spacial score (nSPS) is 10.4. The first kappa shape index (κ1) is 15.9. The van der Waals surface area contributed by atoms with Crippen molar-refractivity contribution in [2.75, 3.05) is 11.9 Å². The third-order valence-corrected chi connectivity index (χ3v) is 3.97. The van der Waals surface area contributed by atoms with Crippen LogP contribution in [-0.4, -0.2) is 23.5 Å². The van der Waals surface area contributed by atoms with Crippen LogP contribution < -0.4 is 5.32 Å². The molecule has 0 bridgehead atoms. The quantitative estimate of drug-likeness (QED) is 0.718. The zero-order valence-electron chi connectivity index (χ0n) is 12.8. The lowest BCUT2D eigenvalue weighted by atomic mass is 10.2. The van der Waals surface area contributed by atoms with E-state index in [4.69, 9.17) is 9.15 Å². The second kappa shape index (κ2) is 7.10. The highest BCUT2D eigenvalue weighted by Gasteiger charge is 2.16. The molecular formula is C17H14N2O4S. The molecule has 0 aliphatic rings. The monoisotopic (exact) mass is 342 g/mol. The van der Waals surface area contributed by atoms with Crippen molar-refractivity contribution < 1.29 is 18.7 Å². The third-order valence-electron chi connectivity index (χ3n) is 3.11. The number of amides is 1. The van der Waals surface area contributed by atoms with Gasteiger partial charge in [-0.2, -0.15) is 0 Å². The average molecular weight is 342 g/mol. The first-order chi connectivity index (χ1) is 11.6. The van der Waals surface area contributed by atoms with Crippen LogP contribution in [0, 0.1) is 6.92 Å². The van der Waals surface area contributed by atoms with E-state index in [0.717, 1.165) is 5.56 Å². The Labute approximate surface area is 142 Å². The van der Waals surface area contributed by atoms with E-state index in [2.05, 4.69) is 10.3 Å². The van der Waals surface area contributed by atoms with Crippen molar-refractivity contribution in [2.24, 2.45) is 0 Å². The zero-order chi connectivity index (χ0) is 16.9. The van der Waals surface area contributed by atoms with Gasteiger partial charge in [-0.25, -0.2) is 9.78 Å². The first-order valence-electron chi connectivity index (χ1n) is 7.15. The van der Waals surface area contributed by atoms with Crippen molar-refractivity contribution in [3.8, 4) is 10.8 Å². The molecule has 0 saturated carbocycles. The van der Waals surface area contributed by atoms with Gasteiger partial charge in [-0.1, -0.05) is 17.7 Å². The summed E-state index contributed by atoms with van der Waals surface area (Å²) in [6, 6.07) is 10.8. The van der Waals surface area contributed by atoms with Crippen LogP contribution in [0.4, 0.5) is 5.69 Å². The molecule has 0 atom stereocenters. The highest BCUT2D eigenvalue weighted by atomic mass is 32.1. The number of nitrogens with zero attached hydrogens (tertiary/aromatic N) is 1. The molecule has 0 spiro atoms. The van der Waals surface area contributed by atoms with Crippen LogP contribution in [0.2, 0.25) is 0 Å². The standard InChI is InChI=1S/C17H14N2O4S/c1-11-4-6-12(7-5-11)18-15(20)9-23-17(21)13-10-24-16(19-13)14-3-2-8-22-14/h2-8,10H,9H2,1H3,(H,18,20). The molecule has 122 valence electrons. The molecule has 2 heterocycles. The maximum atomic E-state index is 11.9. The molecule has 0 saturated heterocycles. The van der Waals surface area contributed by atoms with Crippen LogP contribution in [0.15, 0.2) is 52.5 Å². The summed E-state index contributed by atoms with van der Waals surface area (Å²) in [5, 5.41) is 4.80. The molecule has 1 N–H and O–H groups in total. The van der Waals surface area contributed by atoms with Gasteiger partial charge in [0.2, 0.25) is 0 Å². The Morgan fingerprint density at radius 3 is 2.75 bits per heavy atom. The predicted octanol–water partition coefficient (Wildman–Crippen LogP) is 3.51. The van der Waals surface area contributed by atoms with Crippen molar-refractivity contribution in [3.05, 3.63) is 59.3 Å². The molecule has 3 aromatic rings. The number of carbonyl (C=O) groups excluding carboxylic acids is 2. The Kier molecular flexibility index (Phi) is 4.72. The molecule has 0 aliphatic carbocycles. The molecule has 0 unspecified atom stereocenters. The van der Waals surface area contributed by atoms with E-state index in [1.165, 1.54) is 17.6 Å². The van der Waals surface area contributed by atoms with Gasteiger partial charge in [0.25, 0.3) is 5.91 Å². The summed E-state index contributed by atoms with van der Waals surface area (Å²) < 4.78 is 10.2. The van der Waals surface area contributed by atoms with E-state index < -0.39 is 11.9 Å². The van der Waals surface area contributed by atoms with Crippen molar-refractivity contribution in [3.63, 3.8) is 0 Å². The molecule has 0 aliphatic heterocycles. The summed E-state index contributed by atoms with van der Waals surface area (Å²) in [5.74, 6) is -0.479. The number of hydrogen-bond acceptors (Lipinski definition) is 6.